The molecule has 7 nitrogen and oxygen atoms in total. The molecule has 0 aliphatic heterocycles. The summed E-state index contributed by atoms with van der Waals surface area (Å²) in [6.45, 7) is -0.861. The summed E-state index contributed by atoms with van der Waals surface area (Å²) in [5, 5.41) is 9.80. The van der Waals surface area contributed by atoms with Gasteiger partial charge < -0.3 is 19.1 Å². The van der Waals surface area contributed by atoms with Crippen molar-refractivity contribution in [3.8, 4) is 17.6 Å². The Morgan fingerprint density at radius 3 is 2.46 bits per heavy atom. The highest BCUT2D eigenvalue weighted by Gasteiger charge is 2.31. The van der Waals surface area contributed by atoms with Gasteiger partial charge in [0.25, 0.3) is 5.91 Å². The van der Waals surface area contributed by atoms with Gasteiger partial charge in [-0.1, -0.05) is 35.3 Å². The first kappa shape index (κ1) is 29.6. The van der Waals surface area contributed by atoms with Crippen LogP contribution in [0, 0.1) is 11.3 Å². The highest BCUT2D eigenvalue weighted by molar-refractivity contribution is 6.35. The van der Waals surface area contributed by atoms with Crippen LogP contribution in [0.4, 0.5) is 18.9 Å². The lowest BCUT2D eigenvalue weighted by Crippen LogP contribution is -2.35. The number of carbonyl (C=O) groups excluding carboxylic acids is 2. The number of carbonyl (C=O) groups is 2. The zero-order valence-corrected chi connectivity index (χ0v) is 21.9. The van der Waals surface area contributed by atoms with Gasteiger partial charge in [0.1, 0.15) is 6.61 Å². The van der Waals surface area contributed by atoms with Gasteiger partial charge in [0.05, 0.1) is 30.7 Å². The summed E-state index contributed by atoms with van der Waals surface area (Å²) < 4.78 is 55.5. The minimum absolute atomic E-state index is 0.0409. The quantitative estimate of drug-likeness (QED) is 0.248. The van der Waals surface area contributed by atoms with Crippen LogP contribution < -0.4 is 14.4 Å². The smallest absolute Gasteiger partial charge is 0.416 e. The first-order valence-electron chi connectivity index (χ1n) is 11.3. The molecular formula is C27H21Cl2F3N2O5. The predicted molar refractivity (Wildman–Crippen MR) is 138 cm³/mol. The van der Waals surface area contributed by atoms with E-state index in [1.807, 2.05) is 6.07 Å². The Balaban J connectivity index is 1.69. The number of hydrogen-bond donors (Lipinski definition) is 0. The topological polar surface area (TPSA) is 88.9 Å². The van der Waals surface area contributed by atoms with Crippen LogP contribution in [-0.2, 0) is 22.3 Å². The first-order valence-corrected chi connectivity index (χ1v) is 12.1. The van der Waals surface area contributed by atoms with Crippen LogP contribution in [0.25, 0.3) is 0 Å². The number of alkyl halides is 3. The lowest BCUT2D eigenvalue weighted by atomic mass is 10.1. The molecule has 0 spiro atoms. The third-order valence-corrected chi connectivity index (χ3v) is 5.94. The van der Waals surface area contributed by atoms with E-state index >= 15 is 0 Å². The van der Waals surface area contributed by atoms with Gasteiger partial charge in [0.15, 0.2) is 18.1 Å². The van der Waals surface area contributed by atoms with Crippen molar-refractivity contribution in [2.45, 2.75) is 19.2 Å². The molecule has 3 aromatic rings. The molecule has 0 saturated heterocycles. The summed E-state index contributed by atoms with van der Waals surface area (Å²) in [5.74, 6) is -1.16. The number of halogens is 5. The van der Waals surface area contributed by atoms with E-state index in [0.29, 0.717) is 21.4 Å². The molecule has 0 atom stereocenters. The summed E-state index contributed by atoms with van der Waals surface area (Å²) in [6, 6.07) is 15.1. The Hall–Kier alpha value is -3.94. The van der Waals surface area contributed by atoms with Gasteiger partial charge in [-0.25, -0.2) is 4.79 Å². The molecule has 0 heterocycles. The van der Waals surface area contributed by atoms with E-state index in [1.165, 1.54) is 31.4 Å². The van der Waals surface area contributed by atoms with Gasteiger partial charge in [-0.15, -0.1) is 0 Å². The van der Waals surface area contributed by atoms with Crippen molar-refractivity contribution in [3.63, 3.8) is 0 Å². The van der Waals surface area contributed by atoms with Crippen LogP contribution in [0.2, 0.25) is 10.0 Å². The molecule has 3 rings (SSSR count). The third-order valence-electron chi connectivity index (χ3n) is 5.36. The fraction of sp³-hybridized carbons (Fsp3) is 0.222. The zero-order chi connectivity index (χ0) is 28.6. The molecule has 204 valence electrons. The van der Waals surface area contributed by atoms with Crippen LogP contribution >= 0.6 is 23.2 Å². The molecule has 0 bridgehead atoms. The summed E-state index contributed by atoms with van der Waals surface area (Å²) in [5.41, 5.74) is -0.324. The molecule has 3 aromatic carbocycles. The molecule has 0 N–H and O–H groups in total. The third kappa shape index (κ3) is 8.02. The fourth-order valence-corrected chi connectivity index (χ4v) is 3.87. The van der Waals surface area contributed by atoms with Crippen molar-refractivity contribution >= 4 is 40.8 Å². The maximum Gasteiger partial charge on any atom is 0.416 e. The molecule has 0 radical (unpaired) electrons. The molecule has 1 amide bonds. The van der Waals surface area contributed by atoms with E-state index in [1.54, 1.807) is 18.2 Å². The number of rotatable bonds is 10. The summed E-state index contributed by atoms with van der Waals surface area (Å²) >= 11 is 12.1. The van der Waals surface area contributed by atoms with Crippen molar-refractivity contribution in [2.75, 3.05) is 25.2 Å². The van der Waals surface area contributed by atoms with Crippen molar-refractivity contribution in [2.24, 2.45) is 0 Å². The van der Waals surface area contributed by atoms with Crippen LogP contribution in [0.15, 0.2) is 60.7 Å². The van der Waals surface area contributed by atoms with Gasteiger partial charge in [-0.05, 0) is 48.5 Å². The molecule has 0 aliphatic carbocycles. The monoisotopic (exact) mass is 580 g/mol. The minimum Gasteiger partial charge on any atom is -0.493 e. The highest BCUT2D eigenvalue weighted by atomic mass is 35.5. The summed E-state index contributed by atoms with van der Waals surface area (Å²) in [7, 11) is 1.37. The van der Waals surface area contributed by atoms with E-state index in [0.717, 1.165) is 23.1 Å². The van der Waals surface area contributed by atoms with E-state index in [2.05, 4.69) is 0 Å². The fourth-order valence-electron chi connectivity index (χ4n) is 3.41. The molecule has 0 fully saturated rings. The van der Waals surface area contributed by atoms with Gasteiger partial charge >= 0.3 is 12.1 Å². The van der Waals surface area contributed by atoms with Crippen molar-refractivity contribution in [1.82, 2.24) is 0 Å². The average Bonchev–Trinajstić information content (AvgIpc) is 2.91. The minimum atomic E-state index is -4.62. The maximum absolute atomic E-state index is 13.1. The second-order valence-corrected chi connectivity index (χ2v) is 8.81. The number of anilines is 1. The number of nitriles is 1. The van der Waals surface area contributed by atoms with Gasteiger partial charge in [0.2, 0.25) is 0 Å². The van der Waals surface area contributed by atoms with Crippen molar-refractivity contribution < 1.29 is 37.0 Å². The second kappa shape index (κ2) is 13.2. The Morgan fingerprint density at radius 1 is 1.03 bits per heavy atom. The van der Waals surface area contributed by atoms with Crippen LogP contribution in [0.5, 0.6) is 11.5 Å². The molecule has 12 heteroatoms. The lowest BCUT2D eigenvalue weighted by molar-refractivity contribution is -0.137. The highest BCUT2D eigenvalue weighted by Crippen LogP contribution is 2.32. The Kier molecular flexibility index (Phi) is 10.0. The number of benzene rings is 3. The van der Waals surface area contributed by atoms with E-state index in [9.17, 15) is 22.8 Å². The molecule has 0 aliphatic rings. The zero-order valence-electron chi connectivity index (χ0n) is 20.4. The average molecular weight is 581 g/mol. The second-order valence-electron chi connectivity index (χ2n) is 7.97. The maximum atomic E-state index is 13.1. The van der Waals surface area contributed by atoms with Gasteiger partial charge in [-0.3, -0.25) is 4.79 Å². The van der Waals surface area contributed by atoms with Crippen molar-refractivity contribution in [1.29, 1.82) is 5.26 Å². The lowest BCUT2D eigenvalue weighted by Gasteiger charge is -2.22. The summed E-state index contributed by atoms with van der Waals surface area (Å²) in [4.78, 5) is 26.4. The van der Waals surface area contributed by atoms with E-state index in [4.69, 9.17) is 42.7 Å². The number of methoxy groups -OCH3 is 1. The number of hydrogen-bond acceptors (Lipinski definition) is 6. The standard InChI is InChI=1S/C27H21Cl2F3N2O5/c1-37-24-12-17(7-9-23(24)38-15-18-6-8-20(28)14-22(18)29)26(36)39-16-25(35)34(11-3-10-33)21-5-2-4-19(13-21)27(30,31)32/h2,4-9,12-14H,3,11,15-16H2,1H3. The number of ether oxygens (including phenoxy) is 3. The predicted octanol–water partition coefficient (Wildman–Crippen LogP) is 6.70. The van der Waals surface area contributed by atoms with Crippen LogP contribution in [0.3, 0.4) is 0 Å². The number of amides is 1. The number of nitrogens with zero attached hydrogens (tertiary/aromatic N) is 2. The molecule has 0 saturated carbocycles. The molecule has 0 unspecified atom stereocenters. The van der Waals surface area contributed by atoms with Crippen LogP contribution in [0.1, 0.15) is 27.9 Å². The Bertz CT molecular complexity index is 1390. The SMILES string of the molecule is COc1cc(C(=O)OCC(=O)N(CCC#N)c2cccc(C(F)(F)F)c2)ccc1OCc1ccc(Cl)cc1Cl. The van der Waals surface area contributed by atoms with Crippen LogP contribution in [-0.4, -0.2) is 32.1 Å². The Morgan fingerprint density at radius 2 is 1.79 bits per heavy atom. The largest absolute Gasteiger partial charge is 0.493 e. The molecule has 39 heavy (non-hydrogen) atoms. The molecule has 0 aromatic heterocycles. The molecular weight excluding hydrogens is 560 g/mol. The first-order chi connectivity index (χ1) is 18.5. The van der Waals surface area contributed by atoms with Gasteiger partial charge in [0, 0.05) is 27.8 Å². The van der Waals surface area contributed by atoms with Crippen molar-refractivity contribution in [3.05, 3.63) is 87.4 Å². The normalized spacial score (nSPS) is 10.9. The van der Waals surface area contributed by atoms with E-state index < -0.39 is 30.2 Å². The van der Waals surface area contributed by atoms with E-state index in [-0.39, 0.29) is 36.6 Å². The summed E-state index contributed by atoms with van der Waals surface area (Å²) in [6.07, 6.45) is -4.77. The number of esters is 1. The van der Waals surface area contributed by atoms with Gasteiger partial charge in [-0.2, -0.15) is 18.4 Å². The Labute approximate surface area is 232 Å².